The predicted molar refractivity (Wildman–Crippen MR) is 66.1 cm³/mol. The van der Waals surface area contributed by atoms with E-state index in [0.717, 1.165) is 16.6 Å². The van der Waals surface area contributed by atoms with E-state index in [2.05, 4.69) is 20.7 Å². The van der Waals surface area contributed by atoms with E-state index >= 15 is 0 Å². The highest BCUT2D eigenvalue weighted by molar-refractivity contribution is 9.10. The molecule has 14 heavy (non-hydrogen) atoms. The lowest BCUT2D eigenvalue weighted by atomic mass is 10.3. The summed E-state index contributed by atoms with van der Waals surface area (Å²) in [6.07, 6.45) is 0.894. The van der Waals surface area contributed by atoms with Gasteiger partial charge in [-0.3, -0.25) is 0 Å². The van der Waals surface area contributed by atoms with Crippen LogP contribution in [0.1, 0.15) is 13.3 Å². The largest absolute Gasteiger partial charge is 0.304 e. The van der Waals surface area contributed by atoms with Crippen LogP contribution in [0, 0.1) is 0 Å². The highest BCUT2D eigenvalue weighted by Gasteiger charge is 2.03. The van der Waals surface area contributed by atoms with Gasteiger partial charge in [0.2, 0.25) is 0 Å². The van der Waals surface area contributed by atoms with Gasteiger partial charge >= 0.3 is 0 Å². The molecule has 2 nitrogen and oxygen atoms in total. The number of halogens is 2. The van der Waals surface area contributed by atoms with Crippen LogP contribution in [-0.4, -0.2) is 9.96 Å². The lowest BCUT2D eigenvalue weighted by Gasteiger charge is -2.07. The van der Waals surface area contributed by atoms with Crippen LogP contribution in [0.25, 0.3) is 0 Å². The van der Waals surface area contributed by atoms with Crippen molar-refractivity contribution in [2.45, 2.75) is 13.3 Å². The smallest absolute Gasteiger partial charge is 0.117 e. The molecule has 0 fully saturated rings. The third-order valence-corrected chi connectivity index (χ3v) is 3.66. The minimum absolute atomic E-state index is 0.648. The van der Waals surface area contributed by atoms with Gasteiger partial charge in [0, 0.05) is 15.2 Å². The van der Waals surface area contributed by atoms with Gasteiger partial charge in [-0.2, -0.15) is 0 Å². The summed E-state index contributed by atoms with van der Waals surface area (Å²) in [6.45, 7) is 2.00. The molecular weight excluding hydrogens is 286 g/mol. The van der Waals surface area contributed by atoms with Gasteiger partial charge in [-0.1, -0.05) is 18.5 Å². The molecule has 1 N–H and O–H groups in total. The zero-order chi connectivity index (χ0) is 10.6. The maximum absolute atomic E-state index is 11.4. The molecule has 0 saturated heterocycles. The molecule has 0 aliphatic carbocycles. The van der Waals surface area contributed by atoms with Crippen LogP contribution in [0.5, 0.6) is 0 Å². The zero-order valence-corrected chi connectivity index (χ0v) is 10.9. The number of rotatable bonds is 4. The average molecular weight is 297 g/mol. The second-order valence-electron chi connectivity index (χ2n) is 2.78. The molecule has 1 aromatic carbocycles. The van der Waals surface area contributed by atoms with Crippen LogP contribution in [0.4, 0.5) is 5.69 Å². The Labute approximate surface area is 99.8 Å². The van der Waals surface area contributed by atoms with E-state index in [9.17, 15) is 4.21 Å². The summed E-state index contributed by atoms with van der Waals surface area (Å²) in [5.74, 6) is 0.648. The van der Waals surface area contributed by atoms with Gasteiger partial charge in [0.25, 0.3) is 0 Å². The van der Waals surface area contributed by atoms with Gasteiger partial charge in [-0.15, -0.1) is 0 Å². The number of benzene rings is 1. The molecule has 0 radical (unpaired) electrons. The summed E-state index contributed by atoms with van der Waals surface area (Å²) in [4.78, 5) is 0. The van der Waals surface area contributed by atoms with Crippen molar-refractivity contribution in [3.05, 3.63) is 27.7 Å². The van der Waals surface area contributed by atoms with E-state index in [1.165, 1.54) is 0 Å². The third kappa shape index (κ3) is 3.59. The summed E-state index contributed by atoms with van der Waals surface area (Å²) < 4.78 is 15.1. The third-order valence-electron chi connectivity index (χ3n) is 1.54. The Morgan fingerprint density at radius 1 is 1.57 bits per heavy atom. The highest BCUT2D eigenvalue weighted by Crippen LogP contribution is 2.26. The molecule has 0 aromatic heterocycles. The monoisotopic (exact) mass is 295 g/mol. The first kappa shape index (κ1) is 12.0. The fourth-order valence-corrected chi connectivity index (χ4v) is 2.74. The van der Waals surface area contributed by atoms with Gasteiger partial charge in [0.15, 0.2) is 0 Å². The molecule has 0 aliphatic heterocycles. The van der Waals surface area contributed by atoms with Crippen LogP contribution in [-0.2, 0) is 11.0 Å². The predicted octanol–water partition coefficient (Wildman–Crippen LogP) is 3.59. The zero-order valence-electron chi connectivity index (χ0n) is 7.72. The van der Waals surface area contributed by atoms with E-state index in [-0.39, 0.29) is 0 Å². The standard InChI is InChI=1S/C9H11BrClNOS/c1-2-5-14(13)12-9-4-3-7(11)6-8(9)10/h3-4,6,12H,2,5H2,1H3. The van der Waals surface area contributed by atoms with Gasteiger partial charge in [-0.05, 0) is 40.5 Å². The minimum Gasteiger partial charge on any atom is -0.304 e. The van der Waals surface area contributed by atoms with Crippen molar-refractivity contribution < 1.29 is 4.21 Å². The first-order valence-electron chi connectivity index (χ1n) is 4.23. The minimum atomic E-state index is -1.01. The molecule has 1 unspecified atom stereocenters. The van der Waals surface area contributed by atoms with E-state index < -0.39 is 11.0 Å². The van der Waals surface area contributed by atoms with Crippen molar-refractivity contribution in [2.24, 2.45) is 0 Å². The average Bonchev–Trinajstić information content (AvgIpc) is 2.10. The molecule has 0 bridgehead atoms. The molecule has 0 saturated carbocycles. The molecule has 78 valence electrons. The van der Waals surface area contributed by atoms with Crippen LogP contribution in [0.3, 0.4) is 0 Å². The molecule has 0 heterocycles. The number of hydrogen-bond donors (Lipinski definition) is 1. The summed E-state index contributed by atoms with van der Waals surface area (Å²) in [5.41, 5.74) is 0.807. The molecule has 0 aliphatic rings. The first-order chi connectivity index (χ1) is 6.63. The van der Waals surface area contributed by atoms with Crippen LogP contribution >= 0.6 is 27.5 Å². The van der Waals surface area contributed by atoms with Crippen molar-refractivity contribution >= 4 is 44.2 Å². The normalized spacial score (nSPS) is 12.5. The van der Waals surface area contributed by atoms with E-state index in [0.29, 0.717) is 10.8 Å². The van der Waals surface area contributed by atoms with E-state index in [1.807, 2.05) is 6.92 Å². The molecule has 5 heteroatoms. The molecule has 1 aromatic rings. The van der Waals surface area contributed by atoms with Crippen molar-refractivity contribution in [1.29, 1.82) is 0 Å². The summed E-state index contributed by atoms with van der Waals surface area (Å²) in [7, 11) is -1.01. The Morgan fingerprint density at radius 3 is 2.86 bits per heavy atom. The maximum Gasteiger partial charge on any atom is 0.117 e. The van der Waals surface area contributed by atoms with Crippen molar-refractivity contribution in [3.8, 4) is 0 Å². The van der Waals surface area contributed by atoms with Crippen LogP contribution in [0.2, 0.25) is 5.02 Å². The van der Waals surface area contributed by atoms with Crippen LogP contribution < -0.4 is 4.72 Å². The van der Waals surface area contributed by atoms with Crippen molar-refractivity contribution in [2.75, 3.05) is 10.5 Å². The quantitative estimate of drug-likeness (QED) is 0.904. The van der Waals surface area contributed by atoms with E-state index in [4.69, 9.17) is 11.6 Å². The number of nitrogens with one attached hydrogen (secondary N) is 1. The first-order valence-corrected chi connectivity index (χ1v) is 6.72. The fourth-order valence-electron chi connectivity index (χ4n) is 0.931. The molecule has 0 amide bonds. The number of anilines is 1. The lowest BCUT2D eigenvalue weighted by Crippen LogP contribution is -2.08. The van der Waals surface area contributed by atoms with Gasteiger partial charge in [0.05, 0.1) is 5.69 Å². The lowest BCUT2D eigenvalue weighted by molar-refractivity contribution is 0.685. The Hall–Kier alpha value is -0.0600. The Kier molecular flexibility index (Phi) is 4.92. The summed E-state index contributed by atoms with van der Waals surface area (Å²) in [6, 6.07) is 5.34. The molecule has 1 atom stereocenters. The topological polar surface area (TPSA) is 29.1 Å². The maximum atomic E-state index is 11.4. The highest BCUT2D eigenvalue weighted by atomic mass is 79.9. The summed E-state index contributed by atoms with van der Waals surface area (Å²) >= 11 is 9.13. The fraction of sp³-hybridized carbons (Fsp3) is 0.333. The second kappa shape index (κ2) is 5.73. The summed E-state index contributed by atoms with van der Waals surface area (Å²) in [5, 5.41) is 0.656. The SMILES string of the molecule is CCCS(=O)Nc1ccc(Cl)cc1Br. The number of hydrogen-bond acceptors (Lipinski definition) is 1. The Balaban J connectivity index is 2.72. The molecule has 0 spiro atoms. The Bertz CT molecular complexity index is 346. The van der Waals surface area contributed by atoms with Gasteiger partial charge < -0.3 is 4.72 Å². The van der Waals surface area contributed by atoms with E-state index in [1.54, 1.807) is 18.2 Å². The van der Waals surface area contributed by atoms with Crippen molar-refractivity contribution in [3.63, 3.8) is 0 Å². The van der Waals surface area contributed by atoms with Gasteiger partial charge in [0.1, 0.15) is 11.0 Å². The second-order valence-corrected chi connectivity index (χ2v) is 5.37. The van der Waals surface area contributed by atoms with Crippen LogP contribution in [0.15, 0.2) is 22.7 Å². The molecular formula is C9H11BrClNOS. The molecule has 1 rings (SSSR count). The van der Waals surface area contributed by atoms with Gasteiger partial charge in [-0.25, -0.2) is 4.21 Å². The van der Waals surface area contributed by atoms with Crippen molar-refractivity contribution in [1.82, 2.24) is 0 Å². The Morgan fingerprint density at radius 2 is 2.29 bits per heavy atom.